The molecular weight excluding hydrogens is 502 g/mol. The Morgan fingerprint density at radius 2 is 1.21 bits per heavy atom. The number of aliphatic carboxylic acids is 1. The number of rotatable bonds is 26. The summed E-state index contributed by atoms with van der Waals surface area (Å²) < 4.78 is 0. The molecule has 0 unspecified atom stereocenters. The molecule has 10 heteroatoms. The molecule has 0 spiro atoms. The first-order chi connectivity index (χ1) is 18.8. The van der Waals surface area contributed by atoms with Gasteiger partial charge in [0.05, 0.1) is 19.8 Å². The Bertz CT molecular complexity index is 603. The van der Waals surface area contributed by atoms with E-state index in [1.165, 1.54) is 51.4 Å². The first kappa shape index (κ1) is 39.1. The van der Waals surface area contributed by atoms with Gasteiger partial charge >= 0.3 is 5.97 Å². The Labute approximate surface area is 236 Å². The lowest BCUT2D eigenvalue weighted by Gasteiger charge is -2.17. The second-order valence-electron chi connectivity index (χ2n) is 9.81. The summed E-state index contributed by atoms with van der Waals surface area (Å²) in [6, 6.07) is -1.04. The van der Waals surface area contributed by atoms with Gasteiger partial charge in [-0.15, -0.1) is 0 Å². The topological polar surface area (TPSA) is 173 Å². The van der Waals surface area contributed by atoms with Crippen LogP contribution in [0.5, 0.6) is 0 Å². The number of carbonyl (C=O) groups is 3. The van der Waals surface area contributed by atoms with Crippen LogP contribution in [0.4, 0.5) is 0 Å². The summed E-state index contributed by atoms with van der Waals surface area (Å²) in [5, 5.41) is 37.0. The van der Waals surface area contributed by atoms with Gasteiger partial charge in [0, 0.05) is 32.5 Å². The average Bonchev–Trinajstić information content (AvgIpc) is 2.89. The minimum atomic E-state index is -1.14. The van der Waals surface area contributed by atoms with Crippen LogP contribution in [0.3, 0.4) is 0 Å². The third-order valence-electron chi connectivity index (χ3n) is 6.23. The molecule has 0 aliphatic heterocycles. The van der Waals surface area contributed by atoms with E-state index in [4.69, 9.17) is 26.2 Å². The van der Waals surface area contributed by atoms with Crippen molar-refractivity contribution >= 4 is 17.8 Å². The maximum absolute atomic E-state index is 11.8. The molecule has 0 aromatic rings. The molecule has 0 heterocycles. The summed E-state index contributed by atoms with van der Waals surface area (Å²) in [5.41, 5.74) is 5.02. The lowest BCUT2D eigenvalue weighted by Crippen LogP contribution is -2.41. The van der Waals surface area contributed by atoms with E-state index >= 15 is 0 Å². The molecule has 0 bridgehead atoms. The molecule has 7 N–H and O–H groups in total. The van der Waals surface area contributed by atoms with Gasteiger partial charge in [0.15, 0.2) is 0 Å². The van der Waals surface area contributed by atoms with E-state index in [0.717, 1.165) is 32.1 Å². The highest BCUT2D eigenvalue weighted by molar-refractivity contribution is 5.84. The highest BCUT2D eigenvalue weighted by atomic mass is 16.4. The highest BCUT2D eigenvalue weighted by Crippen LogP contribution is 2.10. The fourth-order valence-corrected chi connectivity index (χ4v) is 3.93. The number of nitrogens with one attached hydrogen (secondary N) is 1. The zero-order chi connectivity index (χ0) is 29.6. The molecule has 0 saturated carbocycles. The second kappa shape index (κ2) is 30.5. The monoisotopic (exact) mass is 559 g/mol. The van der Waals surface area contributed by atoms with Crippen molar-refractivity contribution in [2.45, 2.75) is 116 Å². The zero-order valence-corrected chi connectivity index (χ0v) is 24.3. The predicted molar refractivity (Wildman–Crippen MR) is 155 cm³/mol. The molecule has 2 amide bonds. The van der Waals surface area contributed by atoms with Gasteiger partial charge in [-0.1, -0.05) is 70.4 Å². The Hall–Kier alpha value is -2.01. The van der Waals surface area contributed by atoms with E-state index in [0.29, 0.717) is 26.1 Å². The van der Waals surface area contributed by atoms with E-state index in [9.17, 15) is 14.4 Å². The van der Waals surface area contributed by atoms with Gasteiger partial charge in [-0.3, -0.25) is 14.5 Å². The van der Waals surface area contributed by atoms with Crippen LogP contribution in [0.1, 0.15) is 110 Å². The fraction of sp³-hybridized carbons (Fsp3) is 0.828. The lowest BCUT2D eigenvalue weighted by atomic mass is 10.1. The van der Waals surface area contributed by atoms with Gasteiger partial charge in [-0.25, -0.2) is 4.79 Å². The third kappa shape index (κ3) is 30.4. The highest BCUT2D eigenvalue weighted by Gasteiger charge is 2.20. The van der Waals surface area contributed by atoms with Crippen LogP contribution in [-0.2, 0) is 14.4 Å². The van der Waals surface area contributed by atoms with E-state index in [1.807, 2.05) is 0 Å². The van der Waals surface area contributed by atoms with Crippen molar-refractivity contribution < 1.29 is 34.8 Å². The Morgan fingerprint density at radius 3 is 1.64 bits per heavy atom. The van der Waals surface area contributed by atoms with E-state index in [2.05, 4.69) is 24.4 Å². The van der Waals surface area contributed by atoms with Gasteiger partial charge in [-0.2, -0.15) is 0 Å². The van der Waals surface area contributed by atoms with Crippen LogP contribution in [0.2, 0.25) is 0 Å². The molecule has 230 valence electrons. The Balaban J connectivity index is 0. The normalized spacial score (nSPS) is 11.8. The molecule has 10 nitrogen and oxygen atoms in total. The number of carbonyl (C=O) groups excluding carboxylic acids is 2. The lowest BCUT2D eigenvalue weighted by molar-refractivity contribution is -0.142. The maximum Gasteiger partial charge on any atom is 0.326 e. The van der Waals surface area contributed by atoms with Gasteiger partial charge in [0.1, 0.15) is 6.04 Å². The van der Waals surface area contributed by atoms with Gasteiger partial charge < -0.3 is 31.5 Å². The number of aliphatic hydroxyl groups is 3. The van der Waals surface area contributed by atoms with Crippen LogP contribution < -0.4 is 11.1 Å². The van der Waals surface area contributed by atoms with Gasteiger partial charge in [-0.05, 0) is 38.5 Å². The molecule has 39 heavy (non-hydrogen) atoms. The molecule has 0 rings (SSSR count). The summed E-state index contributed by atoms with van der Waals surface area (Å²) in [4.78, 5) is 35.5. The Morgan fingerprint density at radius 1 is 0.744 bits per heavy atom. The Kier molecular flexibility index (Phi) is 30.6. The minimum absolute atomic E-state index is 0.0305. The number of carboxylic acid groups (broad SMARTS) is 1. The fourth-order valence-electron chi connectivity index (χ4n) is 3.93. The summed E-state index contributed by atoms with van der Waals surface area (Å²) in [6.07, 6.45) is 20.4. The van der Waals surface area contributed by atoms with E-state index < -0.39 is 17.9 Å². The molecule has 0 aromatic carbocycles. The number of hydrogen-bond donors (Lipinski definition) is 6. The van der Waals surface area contributed by atoms with Gasteiger partial charge in [0.25, 0.3) is 0 Å². The second-order valence-corrected chi connectivity index (χ2v) is 9.81. The maximum atomic E-state index is 11.8. The average molecular weight is 560 g/mol. The molecule has 0 saturated heterocycles. The molecule has 0 aromatic heterocycles. The summed E-state index contributed by atoms with van der Waals surface area (Å²) in [7, 11) is 0. The first-order valence-corrected chi connectivity index (χ1v) is 14.8. The number of nitrogens with two attached hydrogens (primary N) is 1. The molecule has 1 atom stereocenters. The van der Waals surface area contributed by atoms with Crippen LogP contribution in [0.15, 0.2) is 12.2 Å². The van der Waals surface area contributed by atoms with E-state index in [1.54, 1.807) is 4.90 Å². The molecule has 0 aliphatic carbocycles. The first-order valence-electron chi connectivity index (χ1n) is 14.8. The molecule has 0 fully saturated rings. The van der Waals surface area contributed by atoms with Gasteiger partial charge in [0.2, 0.25) is 11.8 Å². The van der Waals surface area contributed by atoms with Crippen molar-refractivity contribution in [3.05, 3.63) is 12.2 Å². The molecular formula is C29H57N3O7. The number of primary amides is 1. The molecule has 0 aliphatic rings. The largest absolute Gasteiger partial charge is 0.480 e. The van der Waals surface area contributed by atoms with Crippen LogP contribution in [0, 0.1) is 0 Å². The minimum Gasteiger partial charge on any atom is -0.480 e. The van der Waals surface area contributed by atoms with Crippen molar-refractivity contribution in [3.63, 3.8) is 0 Å². The van der Waals surface area contributed by atoms with Crippen molar-refractivity contribution in [1.82, 2.24) is 10.2 Å². The summed E-state index contributed by atoms with van der Waals surface area (Å²) in [6.45, 7) is 4.00. The molecule has 0 radical (unpaired) electrons. The standard InChI is InChI=1S/C23H42N2O4.C6H15NO3/c1-2-3-4-5-6-7-8-9-10-11-12-13-14-15-16-17-22(27)25-20(23(28)29)18-19-21(24)26;8-4-1-7(2-5-9)3-6-10/h9-10,20H,2-8,11-19H2,1H3,(H2,24,26)(H,25,27)(H,28,29);8-10H,1-6H2/b10-9-;/t20-;/m0./s1. The third-order valence-corrected chi connectivity index (χ3v) is 6.23. The number of carboxylic acids is 1. The smallest absolute Gasteiger partial charge is 0.326 e. The number of unbranched alkanes of at least 4 members (excludes halogenated alkanes) is 11. The number of allylic oxidation sites excluding steroid dienone is 2. The number of hydrogen-bond acceptors (Lipinski definition) is 7. The summed E-state index contributed by atoms with van der Waals surface area (Å²) in [5.74, 6) is -1.98. The zero-order valence-electron chi connectivity index (χ0n) is 24.3. The quantitative estimate of drug-likeness (QED) is 0.0692. The van der Waals surface area contributed by atoms with Crippen LogP contribution >= 0.6 is 0 Å². The SMILES string of the molecule is CCCCCCCC/C=C\CCCCCCCC(=O)N[C@@H](CCC(N)=O)C(=O)O.OCCN(CCO)CCO. The predicted octanol–water partition coefficient (Wildman–Crippen LogP) is 3.12. The number of aliphatic hydroxyl groups excluding tert-OH is 3. The van der Waals surface area contributed by atoms with Crippen molar-refractivity contribution in [2.24, 2.45) is 5.73 Å². The van der Waals surface area contributed by atoms with Crippen LogP contribution in [-0.4, -0.2) is 88.6 Å². The van der Waals surface area contributed by atoms with E-state index in [-0.39, 0.29) is 38.6 Å². The summed E-state index contributed by atoms with van der Waals surface area (Å²) >= 11 is 0. The number of nitrogens with zero attached hydrogens (tertiary/aromatic N) is 1. The number of amides is 2. The van der Waals surface area contributed by atoms with Crippen LogP contribution in [0.25, 0.3) is 0 Å². The van der Waals surface area contributed by atoms with Crippen molar-refractivity contribution in [3.8, 4) is 0 Å². The van der Waals surface area contributed by atoms with Crippen molar-refractivity contribution in [1.29, 1.82) is 0 Å². The van der Waals surface area contributed by atoms with Crippen molar-refractivity contribution in [2.75, 3.05) is 39.5 Å².